The molecule has 70 heavy (non-hydrogen) atoms. The maximum Gasteiger partial charge on any atom is 0.272 e. The number of carbonyl (C=O) groups is 2. The van der Waals surface area contributed by atoms with Gasteiger partial charge in [0.05, 0.1) is 68.0 Å². The number of carbonyl (C=O) groups excluding carboxylic acids is 2. The van der Waals surface area contributed by atoms with Crippen molar-refractivity contribution in [2.24, 2.45) is 5.73 Å². The number of rotatable bonds is 7. The van der Waals surface area contributed by atoms with Crippen LogP contribution < -0.4 is 11.1 Å². The molecule has 0 spiro atoms. The van der Waals surface area contributed by atoms with E-state index in [0.717, 1.165) is 11.1 Å². The molecule has 0 saturated carbocycles. The van der Waals surface area contributed by atoms with Gasteiger partial charge in [-0.3, -0.25) is 9.59 Å². The third kappa shape index (κ3) is 10.1. The van der Waals surface area contributed by atoms with E-state index in [9.17, 15) is 40.3 Å². The first-order chi connectivity index (χ1) is 33.2. The second-order valence-electron chi connectivity index (χ2n) is 16.7. The van der Waals surface area contributed by atoms with Crippen LogP contribution in [0.3, 0.4) is 0 Å². The quantitative estimate of drug-likeness (QED) is 0.140. The Labute approximate surface area is 419 Å². The lowest BCUT2D eigenvalue weighted by Crippen LogP contribution is -2.35. The van der Waals surface area contributed by atoms with Crippen LogP contribution in [0, 0.1) is 11.6 Å². The van der Waals surface area contributed by atoms with Gasteiger partial charge in [0.1, 0.15) is 11.6 Å². The van der Waals surface area contributed by atoms with Gasteiger partial charge >= 0.3 is 0 Å². The number of aliphatic hydroxyl groups excluding tert-OH is 1. The van der Waals surface area contributed by atoms with E-state index in [-0.39, 0.29) is 49.8 Å². The maximum atomic E-state index is 13.7. The summed E-state index contributed by atoms with van der Waals surface area (Å²) in [5.41, 5.74) is 10.9. The highest BCUT2D eigenvalue weighted by atomic mass is 35.5. The molecule has 1 aliphatic carbocycles. The number of hydrogen-bond donors (Lipinski definition) is 3. The zero-order valence-corrected chi connectivity index (χ0v) is 40.7. The molecule has 4 N–H and O–H groups in total. The Morgan fingerprint density at radius 2 is 1.11 bits per heavy atom. The number of aliphatic hydroxyl groups is 1. The summed E-state index contributed by atoms with van der Waals surface area (Å²) in [5.74, 6) is -3.72. The number of halogens is 6. The van der Waals surface area contributed by atoms with Crippen LogP contribution in [-0.4, -0.2) is 70.9 Å². The Bertz CT molecular complexity index is 3580. The summed E-state index contributed by atoms with van der Waals surface area (Å²) in [4.78, 5) is 25.7. The van der Waals surface area contributed by atoms with Gasteiger partial charge in [-0.1, -0.05) is 94.9 Å². The van der Waals surface area contributed by atoms with Crippen molar-refractivity contribution in [3.05, 3.63) is 197 Å². The van der Waals surface area contributed by atoms with Crippen LogP contribution in [0.4, 0.5) is 8.78 Å². The number of sulfone groups is 2. The molecule has 0 radical (unpaired) electrons. The van der Waals surface area contributed by atoms with Crippen molar-refractivity contribution >= 4 is 101 Å². The molecule has 0 unspecified atom stereocenters. The Morgan fingerprint density at radius 1 is 0.657 bits per heavy atom. The normalized spacial score (nSPS) is 18.6. The average Bonchev–Trinajstić information content (AvgIpc) is 3.95. The molecule has 2 amide bonds. The van der Waals surface area contributed by atoms with Gasteiger partial charge in [0.15, 0.2) is 31.1 Å². The topological polar surface area (TPSA) is 196 Å². The van der Waals surface area contributed by atoms with Crippen LogP contribution in [0.5, 0.6) is 0 Å². The Morgan fingerprint density at radius 3 is 1.59 bits per heavy atom. The number of nitrogens with one attached hydrogen (secondary N) is 1. The fourth-order valence-corrected chi connectivity index (χ4v) is 12.7. The second kappa shape index (κ2) is 19.2. The van der Waals surface area contributed by atoms with Gasteiger partial charge in [-0.25, -0.2) is 35.0 Å². The predicted octanol–water partition coefficient (Wildman–Crippen LogP) is 9.06. The van der Waals surface area contributed by atoms with Crippen molar-refractivity contribution in [3.8, 4) is 11.4 Å². The van der Waals surface area contributed by atoms with E-state index in [1.807, 2.05) is 24.3 Å². The van der Waals surface area contributed by atoms with Crippen LogP contribution in [-0.2, 0) is 37.6 Å². The van der Waals surface area contributed by atoms with Crippen molar-refractivity contribution in [2.45, 2.75) is 30.1 Å². The Hall–Kier alpha value is -6.18. The monoisotopic (exact) mass is 1060 g/mol. The van der Waals surface area contributed by atoms with Gasteiger partial charge in [-0.05, 0) is 106 Å². The van der Waals surface area contributed by atoms with E-state index in [0.29, 0.717) is 61.5 Å². The van der Waals surface area contributed by atoms with Crippen LogP contribution in [0.1, 0.15) is 71.8 Å². The number of hydrogen-bond acceptors (Lipinski definition) is 9. The molecule has 21 heteroatoms. The Kier molecular flexibility index (Phi) is 13.4. The van der Waals surface area contributed by atoms with Crippen molar-refractivity contribution in [2.75, 3.05) is 11.5 Å². The third-order valence-corrected chi connectivity index (χ3v) is 15.7. The molecule has 2 aromatic heterocycles. The molecule has 0 fully saturated rings. The number of nitrogens with two attached hydrogens (primary N) is 1. The largest absolute Gasteiger partial charge is 0.390 e. The van der Waals surface area contributed by atoms with E-state index in [2.05, 4.69) is 15.5 Å². The van der Waals surface area contributed by atoms with E-state index < -0.39 is 61.0 Å². The minimum Gasteiger partial charge on any atom is -0.390 e. The lowest BCUT2D eigenvalue weighted by atomic mass is 10.0. The van der Waals surface area contributed by atoms with Crippen molar-refractivity contribution in [3.63, 3.8) is 0 Å². The summed E-state index contributed by atoms with van der Waals surface area (Å²) < 4.78 is 81.0. The molecule has 3 aliphatic rings. The van der Waals surface area contributed by atoms with Crippen molar-refractivity contribution in [1.82, 2.24) is 24.9 Å². The molecule has 2 aliphatic heterocycles. The number of benzene rings is 5. The minimum atomic E-state index is -3.68. The molecule has 5 aromatic carbocycles. The summed E-state index contributed by atoms with van der Waals surface area (Å²) in [6.07, 6.45) is 2.78. The number of aromatic nitrogens is 4. The van der Waals surface area contributed by atoms with E-state index in [4.69, 9.17) is 52.1 Å². The molecular weight excluding hydrogens is 1030 g/mol. The Balaban J connectivity index is 0.000000181. The van der Waals surface area contributed by atoms with Gasteiger partial charge in [-0.2, -0.15) is 10.2 Å². The molecule has 0 bridgehead atoms. The standard InChI is InChI=1S/C29H22Cl2FN3O4S.C20H14Cl2FN3O3S/c30-19-7-10-24(23(31)13-19)35-28-18(11-16-5-8-20(32)9-6-16)14-40(38,39)15-22(28)27(34-35)29(37)33-26-21-4-2-1-3-17(21)12-25(26)36;21-13-3-6-17(16(22)8-13)26-19-12(7-11-1-4-14(23)5-2-11)9-30(28,29)10-15(19)18(25-26)20(24)27/h1-11,13,25-26,36H,12,14-15H2,(H,33,37);1-8H,9-10H2,(H2,24,27)/b18-11+;12-7+/t25-,26+;/m1./s1. The van der Waals surface area contributed by atoms with Gasteiger partial charge < -0.3 is 16.2 Å². The van der Waals surface area contributed by atoms with E-state index in [1.54, 1.807) is 36.4 Å². The van der Waals surface area contributed by atoms with Gasteiger partial charge in [-0.15, -0.1) is 0 Å². The number of nitrogens with zero attached hydrogens (tertiary/aromatic N) is 4. The molecular formula is C49H36Cl4F2N6O7S2. The molecule has 10 rings (SSSR count). The van der Waals surface area contributed by atoms with E-state index >= 15 is 0 Å². The van der Waals surface area contributed by atoms with Gasteiger partial charge in [0.2, 0.25) is 0 Å². The molecule has 4 heterocycles. The first kappa shape index (κ1) is 48.8. The molecule has 2 atom stereocenters. The van der Waals surface area contributed by atoms with Crippen LogP contribution in [0.25, 0.3) is 34.7 Å². The fourth-order valence-electron chi connectivity index (χ4n) is 8.72. The van der Waals surface area contributed by atoms with Gasteiger partial charge in [0.25, 0.3) is 11.8 Å². The molecule has 0 saturated heterocycles. The number of amides is 2. The van der Waals surface area contributed by atoms with E-state index in [1.165, 1.54) is 70.0 Å². The highest BCUT2D eigenvalue weighted by Gasteiger charge is 2.39. The van der Waals surface area contributed by atoms with Crippen molar-refractivity contribution in [1.29, 1.82) is 0 Å². The minimum absolute atomic E-state index is 0.0918. The maximum absolute atomic E-state index is 13.7. The zero-order valence-electron chi connectivity index (χ0n) is 36.1. The average molecular weight is 1060 g/mol. The first-order valence-electron chi connectivity index (χ1n) is 21.1. The summed E-state index contributed by atoms with van der Waals surface area (Å²) in [7, 11) is -7.25. The van der Waals surface area contributed by atoms with Crippen molar-refractivity contribution < 1.29 is 40.3 Å². The summed E-state index contributed by atoms with van der Waals surface area (Å²) in [6.45, 7) is 0. The second-order valence-corrected chi connectivity index (χ2v) is 22.5. The summed E-state index contributed by atoms with van der Waals surface area (Å²) >= 11 is 25.0. The molecule has 13 nitrogen and oxygen atoms in total. The van der Waals surface area contributed by atoms with Gasteiger partial charge in [0, 0.05) is 27.6 Å². The smallest absolute Gasteiger partial charge is 0.272 e. The summed E-state index contributed by atoms with van der Waals surface area (Å²) in [6, 6.07) is 27.5. The predicted molar refractivity (Wildman–Crippen MR) is 266 cm³/mol. The van der Waals surface area contributed by atoms with Crippen LogP contribution in [0.2, 0.25) is 20.1 Å². The SMILES string of the molecule is NC(=O)c1nn(-c2ccc(Cl)cc2Cl)c2c1CS(=O)(=O)C/C2=C\c1ccc(F)cc1.O=C(N[C@H]1c2ccccc2C[C@H]1O)c1nn(-c2ccc(Cl)cc2Cl)c2c1CS(=O)(=O)C/C2=C\c1ccc(F)cc1. The first-order valence-corrected chi connectivity index (χ1v) is 26.2. The van der Waals surface area contributed by atoms with Crippen LogP contribution in [0.15, 0.2) is 109 Å². The highest BCUT2D eigenvalue weighted by Crippen LogP contribution is 2.39. The van der Waals surface area contributed by atoms with Crippen LogP contribution >= 0.6 is 46.4 Å². The lowest BCUT2D eigenvalue weighted by molar-refractivity contribution is 0.0852. The fraction of sp³-hybridized carbons (Fsp3) is 0.143. The third-order valence-electron chi connectivity index (χ3n) is 11.7. The number of fused-ring (bicyclic) bond motifs is 3. The molecule has 358 valence electrons. The molecule has 7 aromatic rings. The summed E-state index contributed by atoms with van der Waals surface area (Å²) in [5, 5.41) is 23.7. The highest BCUT2D eigenvalue weighted by molar-refractivity contribution is 7.91. The number of primary amides is 1. The zero-order chi connectivity index (χ0) is 49.8. The lowest BCUT2D eigenvalue weighted by Gasteiger charge is -2.20.